The van der Waals surface area contributed by atoms with Crippen LogP contribution in [0.25, 0.3) is 10.6 Å². The third-order valence-corrected chi connectivity index (χ3v) is 5.63. The van der Waals surface area contributed by atoms with E-state index in [1.165, 1.54) is 49.1 Å². The predicted octanol–water partition coefficient (Wildman–Crippen LogP) is 4.11. The molecule has 2 aromatic rings. The summed E-state index contributed by atoms with van der Waals surface area (Å²) in [4.78, 5) is 10.6. The van der Waals surface area contributed by atoms with E-state index in [1.54, 1.807) is 0 Å². The van der Waals surface area contributed by atoms with Gasteiger partial charge in [0, 0.05) is 41.3 Å². The maximum Gasteiger partial charge on any atom is 0.125 e. The highest BCUT2D eigenvalue weighted by Crippen LogP contribution is 2.44. The predicted molar refractivity (Wildman–Crippen MR) is 86.4 cm³/mol. The first-order valence-electron chi connectivity index (χ1n) is 8.03. The molecule has 0 radical (unpaired) electrons. The van der Waals surface area contributed by atoms with Crippen molar-refractivity contribution in [3.8, 4) is 10.6 Å². The van der Waals surface area contributed by atoms with Crippen molar-refractivity contribution in [3.63, 3.8) is 0 Å². The first kappa shape index (κ1) is 13.4. The third-order valence-electron chi connectivity index (χ3n) is 4.51. The summed E-state index contributed by atoms with van der Waals surface area (Å²) in [5.74, 6) is 0.715. The van der Waals surface area contributed by atoms with Crippen LogP contribution in [0.2, 0.25) is 0 Å². The first-order chi connectivity index (χ1) is 10.4. The number of rotatable bonds is 5. The van der Waals surface area contributed by atoms with Gasteiger partial charge in [-0.3, -0.25) is 4.98 Å². The average molecular weight is 299 g/mol. The van der Waals surface area contributed by atoms with Gasteiger partial charge in [0.25, 0.3) is 0 Å². The van der Waals surface area contributed by atoms with Crippen LogP contribution < -0.4 is 5.32 Å². The Morgan fingerprint density at radius 2 is 2.05 bits per heavy atom. The molecule has 2 saturated carbocycles. The Labute approximate surface area is 129 Å². The van der Waals surface area contributed by atoms with Crippen molar-refractivity contribution >= 4 is 11.3 Å². The fraction of sp³-hybridized carbons (Fsp3) is 0.529. The SMILES string of the molecule is c1cncc(-c2nc(C3CC3)c(CNC3CCCC3)s2)c1. The lowest BCUT2D eigenvalue weighted by Gasteiger charge is -2.11. The van der Waals surface area contributed by atoms with Crippen LogP contribution in [-0.2, 0) is 6.54 Å². The molecule has 0 spiro atoms. The van der Waals surface area contributed by atoms with Crippen molar-refractivity contribution in [3.05, 3.63) is 35.1 Å². The highest BCUT2D eigenvalue weighted by Gasteiger charge is 2.30. The minimum absolute atomic E-state index is 0.715. The van der Waals surface area contributed by atoms with E-state index in [0.717, 1.165) is 23.2 Å². The zero-order valence-electron chi connectivity index (χ0n) is 12.2. The van der Waals surface area contributed by atoms with Crippen molar-refractivity contribution in [1.29, 1.82) is 0 Å². The Bertz CT molecular complexity index is 598. The molecule has 0 bridgehead atoms. The molecule has 0 saturated heterocycles. The summed E-state index contributed by atoms with van der Waals surface area (Å²) in [6, 6.07) is 4.82. The molecule has 21 heavy (non-hydrogen) atoms. The van der Waals surface area contributed by atoms with Gasteiger partial charge in [-0.2, -0.15) is 0 Å². The fourth-order valence-electron chi connectivity index (χ4n) is 3.15. The molecule has 4 heteroatoms. The topological polar surface area (TPSA) is 37.8 Å². The Kier molecular flexibility index (Phi) is 3.74. The molecular weight excluding hydrogens is 278 g/mol. The molecule has 4 rings (SSSR count). The molecule has 110 valence electrons. The summed E-state index contributed by atoms with van der Waals surface area (Å²) >= 11 is 1.85. The smallest absolute Gasteiger partial charge is 0.125 e. The van der Waals surface area contributed by atoms with E-state index in [-0.39, 0.29) is 0 Å². The van der Waals surface area contributed by atoms with Gasteiger partial charge in [-0.25, -0.2) is 4.98 Å². The van der Waals surface area contributed by atoms with E-state index in [2.05, 4.69) is 16.4 Å². The molecule has 0 aromatic carbocycles. The first-order valence-corrected chi connectivity index (χ1v) is 8.85. The van der Waals surface area contributed by atoms with Gasteiger partial charge in [-0.1, -0.05) is 12.8 Å². The number of nitrogens with zero attached hydrogens (tertiary/aromatic N) is 2. The van der Waals surface area contributed by atoms with Crippen LogP contribution in [0.5, 0.6) is 0 Å². The number of hydrogen-bond acceptors (Lipinski definition) is 4. The van der Waals surface area contributed by atoms with Crippen molar-refractivity contribution in [2.45, 2.75) is 57.0 Å². The van der Waals surface area contributed by atoms with Crippen LogP contribution in [-0.4, -0.2) is 16.0 Å². The lowest BCUT2D eigenvalue weighted by atomic mass is 10.2. The molecule has 2 heterocycles. The number of thiazole rings is 1. The average Bonchev–Trinajstić information content (AvgIpc) is 3.08. The summed E-state index contributed by atoms with van der Waals surface area (Å²) in [6.07, 6.45) is 11.8. The van der Waals surface area contributed by atoms with Crippen LogP contribution in [0.4, 0.5) is 0 Å². The monoisotopic (exact) mass is 299 g/mol. The molecule has 0 unspecified atom stereocenters. The highest BCUT2D eigenvalue weighted by molar-refractivity contribution is 7.15. The van der Waals surface area contributed by atoms with E-state index in [9.17, 15) is 0 Å². The van der Waals surface area contributed by atoms with E-state index in [1.807, 2.05) is 29.8 Å². The zero-order chi connectivity index (χ0) is 14.1. The maximum absolute atomic E-state index is 4.93. The van der Waals surface area contributed by atoms with Gasteiger partial charge >= 0.3 is 0 Å². The summed E-state index contributed by atoms with van der Waals surface area (Å²) in [6.45, 7) is 0.994. The van der Waals surface area contributed by atoms with Crippen LogP contribution in [0.3, 0.4) is 0 Å². The van der Waals surface area contributed by atoms with Crippen LogP contribution in [0.1, 0.15) is 55.0 Å². The minimum atomic E-state index is 0.715. The van der Waals surface area contributed by atoms with E-state index in [4.69, 9.17) is 4.98 Å². The molecule has 2 aliphatic rings. The van der Waals surface area contributed by atoms with Gasteiger partial charge in [-0.15, -0.1) is 11.3 Å². The fourth-order valence-corrected chi connectivity index (χ4v) is 4.23. The molecule has 0 aliphatic heterocycles. The quantitative estimate of drug-likeness (QED) is 0.902. The molecule has 1 N–H and O–H groups in total. The van der Waals surface area contributed by atoms with Crippen molar-refractivity contribution < 1.29 is 0 Å². The maximum atomic E-state index is 4.93. The normalized spacial score (nSPS) is 19.2. The zero-order valence-corrected chi connectivity index (χ0v) is 13.0. The summed E-state index contributed by atoms with van der Waals surface area (Å²) in [7, 11) is 0. The van der Waals surface area contributed by atoms with Crippen molar-refractivity contribution in [2.24, 2.45) is 0 Å². The van der Waals surface area contributed by atoms with Crippen molar-refractivity contribution in [1.82, 2.24) is 15.3 Å². The summed E-state index contributed by atoms with van der Waals surface area (Å²) in [5.41, 5.74) is 2.50. The highest BCUT2D eigenvalue weighted by atomic mass is 32.1. The lowest BCUT2D eigenvalue weighted by Crippen LogP contribution is -2.25. The van der Waals surface area contributed by atoms with E-state index in [0.29, 0.717) is 5.92 Å². The van der Waals surface area contributed by atoms with Crippen molar-refractivity contribution in [2.75, 3.05) is 0 Å². The van der Waals surface area contributed by atoms with Gasteiger partial charge < -0.3 is 5.32 Å². The second-order valence-electron chi connectivity index (χ2n) is 6.21. The van der Waals surface area contributed by atoms with Gasteiger partial charge in [0.1, 0.15) is 5.01 Å². The molecule has 2 fully saturated rings. The van der Waals surface area contributed by atoms with E-state index < -0.39 is 0 Å². The molecular formula is C17H21N3S. The van der Waals surface area contributed by atoms with Crippen LogP contribution in [0, 0.1) is 0 Å². The Morgan fingerprint density at radius 3 is 2.76 bits per heavy atom. The molecule has 2 aliphatic carbocycles. The lowest BCUT2D eigenvalue weighted by molar-refractivity contribution is 0.525. The number of hydrogen-bond donors (Lipinski definition) is 1. The van der Waals surface area contributed by atoms with Gasteiger partial charge in [0.05, 0.1) is 5.69 Å². The van der Waals surface area contributed by atoms with Gasteiger partial charge in [-0.05, 0) is 37.8 Å². The summed E-state index contributed by atoms with van der Waals surface area (Å²) in [5, 5.41) is 4.87. The molecule has 0 atom stereocenters. The summed E-state index contributed by atoms with van der Waals surface area (Å²) < 4.78 is 0. The molecule has 2 aromatic heterocycles. The Morgan fingerprint density at radius 1 is 1.19 bits per heavy atom. The van der Waals surface area contributed by atoms with Gasteiger partial charge in [0.2, 0.25) is 0 Å². The Hall–Kier alpha value is -1.26. The number of pyridine rings is 1. The second kappa shape index (κ2) is 5.85. The van der Waals surface area contributed by atoms with Crippen LogP contribution >= 0.6 is 11.3 Å². The number of aromatic nitrogens is 2. The molecule has 3 nitrogen and oxygen atoms in total. The van der Waals surface area contributed by atoms with E-state index >= 15 is 0 Å². The molecule has 0 amide bonds. The Balaban J connectivity index is 1.55. The minimum Gasteiger partial charge on any atom is -0.309 e. The number of nitrogens with one attached hydrogen (secondary N) is 1. The largest absolute Gasteiger partial charge is 0.309 e. The van der Waals surface area contributed by atoms with Gasteiger partial charge in [0.15, 0.2) is 0 Å². The second-order valence-corrected chi connectivity index (χ2v) is 7.29. The standard InChI is InChI=1S/C17H21N3S/c1-2-6-14(5-1)19-11-15-16(12-7-8-12)20-17(21-15)13-4-3-9-18-10-13/h3-4,9-10,12,14,19H,1-2,5-8,11H2. The third kappa shape index (κ3) is 3.01. The van der Waals surface area contributed by atoms with Crippen LogP contribution in [0.15, 0.2) is 24.5 Å².